The van der Waals surface area contributed by atoms with Crippen molar-refractivity contribution in [3.63, 3.8) is 0 Å². The van der Waals surface area contributed by atoms with Crippen LogP contribution >= 0.6 is 0 Å². The molecule has 1 fully saturated rings. The molecular weight excluding hydrogens is 476 g/mol. The van der Waals surface area contributed by atoms with E-state index < -0.39 is 0 Å². The first-order valence-corrected chi connectivity index (χ1v) is 13.2. The summed E-state index contributed by atoms with van der Waals surface area (Å²) in [6, 6.07) is 23.1. The maximum atomic E-state index is 13.3. The summed E-state index contributed by atoms with van der Waals surface area (Å²) in [5, 5.41) is 15.9. The molecule has 8 heteroatoms. The topological polar surface area (TPSA) is 124 Å². The van der Waals surface area contributed by atoms with Gasteiger partial charge in [0.25, 0.3) is 5.91 Å². The molecule has 1 aliphatic heterocycles. The van der Waals surface area contributed by atoms with Crippen molar-refractivity contribution in [2.45, 2.75) is 38.1 Å². The number of anilines is 1. The molecule has 0 bridgehead atoms. The Bertz CT molecular complexity index is 1290. The van der Waals surface area contributed by atoms with Gasteiger partial charge in [-0.1, -0.05) is 48.5 Å². The van der Waals surface area contributed by atoms with Gasteiger partial charge in [0.05, 0.1) is 22.9 Å². The number of hydrogen-bond donors (Lipinski definition) is 3. The van der Waals surface area contributed by atoms with Crippen molar-refractivity contribution >= 4 is 17.6 Å². The molecular formula is C30H34N6O2. The summed E-state index contributed by atoms with van der Waals surface area (Å²) >= 11 is 0. The lowest BCUT2D eigenvalue weighted by Gasteiger charge is -2.25. The third-order valence-electron chi connectivity index (χ3n) is 6.80. The van der Waals surface area contributed by atoms with Gasteiger partial charge in [0.2, 0.25) is 5.91 Å². The van der Waals surface area contributed by atoms with E-state index in [-0.39, 0.29) is 17.9 Å². The third kappa shape index (κ3) is 6.75. The highest BCUT2D eigenvalue weighted by atomic mass is 16.2. The van der Waals surface area contributed by atoms with E-state index in [0.29, 0.717) is 67.2 Å². The number of amides is 2. The molecule has 0 radical (unpaired) electrons. The highest BCUT2D eigenvalue weighted by Crippen LogP contribution is 2.25. The fourth-order valence-electron chi connectivity index (χ4n) is 4.78. The number of rotatable bonds is 11. The average Bonchev–Trinajstić information content (AvgIpc) is 3.44. The fourth-order valence-corrected chi connectivity index (χ4v) is 4.78. The van der Waals surface area contributed by atoms with Crippen LogP contribution in [0.3, 0.4) is 0 Å². The van der Waals surface area contributed by atoms with Gasteiger partial charge in [-0.3, -0.25) is 9.59 Å². The molecule has 2 amide bonds. The second kappa shape index (κ2) is 13.4. The molecule has 0 spiro atoms. The Morgan fingerprint density at radius 1 is 1.08 bits per heavy atom. The number of nitrogens with zero attached hydrogens (tertiary/aromatic N) is 3. The minimum absolute atomic E-state index is 0.0200. The van der Waals surface area contributed by atoms with Gasteiger partial charge in [-0.15, -0.1) is 0 Å². The predicted molar refractivity (Wildman–Crippen MR) is 148 cm³/mol. The second-order valence-corrected chi connectivity index (χ2v) is 9.40. The Hall–Kier alpha value is -4.22. The number of nitrogens with one attached hydrogen (secondary N) is 2. The maximum Gasteiger partial charge on any atom is 0.255 e. The van der Waals surface area contributed by atoms with Gasteiger partial charge in [0.1, 0.15) is 5.82 Å². The summed E-state index contributed by atoms with van der Waals surface area (Å²) in [5.41, 5.74) is 9.02. The first-order chi connectivity index (χ1) is 18.6. The number of benzene rings is 2. The number of pyridine rings is 1. The molecule has 1 aromatic heterocycles. The van der Waals surface area contributed by atoms with Crippen LogP contribution in [-0.4, -0.2) is 53.9 Å². The number of carbonyl (C=O) groups is 2. The molecule has 4 rings (SSSR count). The van der Waals surface area contributed by atoms with Crippen LogP contribution in [0.25, 0.3) is 11.3 Å². The monoisotopic (exact) mass is 510 g/mol. The molecule has 3 aromatic rings. The lowest BCUT2D eigenvalue weighted by Crippen LogP contribution is -2.43. The van der Waals surface area contributed by atoms with Crippen LogP contribution in [0.2, 0.25) is 0 Å². The number of hydrogen-bond acceptors (Lipinski definition) is 6. The van der Waals surface area contributed by atoms with Crippen LogP contribution in [0.15, 0.2) is 66.7 Å². The minimum Gasteiger partial charge on any atom is -0.369 e. The predicted octanol–water partition coefficient (Wildman–Crippen LogP) is 3.73. The lowest BCUT2D eigenvalue weighted by atomic mass is 10.0. The normalized spacial score (nSPS) is 14.6. The smallest absolute Gasteiger partial charge is 0.255 e. The van der Waals surface area contributed by atoms with Crippen molar-refractivity contribution in [2.24, 2.45) is 5.73 Å². The van der Waals surface area contributed by atoms with Crippen LogP contribution in [0, 0.1) is 11.3 Å². The van der Waals surface area contributed by atoms with E-state index in [2.05, 4.69) is 28.8 Å². The van der Waals surface area contributed by atoms with Gasteiger partial charge in [0, 0.05) is 37.7 Å². The Morgan fingerprint density at radius 3 is 2.66 bits per heavy atom. The van der Waals surface area contributed by atoms with Crippen molar-refractivity contribution in [3.8, 4) is 17.3 Å². The van der Waals surface area contributed by atoms with Crippen molar-refractivity contribution in [1.29, 1.82) is 5.26 Å². The van der Waals surface area contributed by atoms with Crippen LogP contribution in [0.4, 0.5) is 5.82 Å². The Balaban J connectivity index is 1.51. The van der Waals surface area contributed by atoms with Crippen molar-refractivity contribution in [3.05, 3.63) is 83.4 Å². The zero-order chi connectivity index (χ0) is 26.7. The molecule has 0 aliphatic carbocycles. The average molecular weight is 511 g/mol. The molecule has 8 nitrogen and oxygen atoms in total. The Kier molecular flexibility index (Phi) is 9.43. The van der Waals surface area contributed by atoms with Crippen LogP contribution in [0.5, 0.6) is 0 Å². The van der Waals surface area contributed by atoms with Crippen molar-refractivity contribution in [2.75, 3.05) is 31.5 Å². The zero-order valence-corrected chi connectivity index (χ0v) is 21.5. The molecule has 2 heterocycles. The van der Waals surface area contributed by atoms with Crippen LogP contribution < -0.4 is 16.4 Å². The third-order valence-corrected chi connectivity index (χ3v) is 6.80. The van der Waals surface area contributed by atoms with E-state index in [1.807, 2.05) is 41.3 Å². The largest absolute Gasteiger partial charge is 0.369 e. The zero-order valence-electron chi connectivity index (χ0n) is 21.5. The Morgan fingerprint density at radius 2 is 1.87 bits per heavy atom. The van der Waals surface area contributed by atoms with Gasteiger partial charge in [-0.2, -0.15) is 5.26 Å². The number of carbonyl (C=O) groups excluding carboxylic acids is 2. The minimum atomic E-state index is -0.249. The van der Waals surface area contributed by atoms with E-state index >= 15 is 0 Å². The summed E-state index contributed by atoms with van der Waals surface area (Å²) in [7, 11) is 0. The quantitative estimate of drug-likeness (QED) is 0.361. The van der Waals surface area contributed by atoms with Gasteiger partial charge >= 0.3 is 0 Å². The number of nitrogens with two attached hydrogens (primary N) is 1. The molecule has 1 aliphatic rings. The number of aromatic nitrogens is 1. The van der Waals surface area contributed by atoms with Crippen molar-refractivity contribution < 1.29 is 9.59 Å². The van der Waals surface area contributed by atoms with Gasteiger partial charge < -0.3 is 21.3 Å². The van der Waals surface area contributed by atoms with Crippen LogP contribution in [0.1, 0.15) is 47.2 Å². The molecule has 1 saturated heterocycles. The first-order valence-electron chi connectivity index (χ1n) is 13.2. The van der Waals surface area contributed by atoms with Gasteiger partial charge in [0.15, 0.2) is 0 Å². The summed E-state index contributed by atoms with van der Waals surface area (Å²) in [6.07, 6.45) is 3.66. The molecule has 1 atom stereocenters. The first kappa shape index (κ1) is 26.8. The second-order valence-electron chi connectivity index (χ2n) is 9.40. The fraction of sp³-hybridized carbons (Fsp3) is 0.333. The molecule has 2 aromatic carbocycles. The van der Waals surface area contributed by atoms with E-state index in [1.165, 1.54) is 5.56 Å². The molecule has 196 valence electrons. The van der Waals surface area contributed by atoms with Crippen LogP contribution in [-0.2, 0) is 11.2 Å². The highest BCUT2D eigenvalue weighted by molar-refractivity contribution is 5.99. The number of nitriles is 1. The molecule has 38 heavy (non-hydrogen) atoms. The van der Waals surface area contributed by atoms with Crippen molar-refractivity contribution in [1.82, 2.24) is 15.2 Å². The summed E-state index contributed by atoms with van der Waals surface area (Å²) in [5.74, 6) is 0.310. The SMILES string of the molecule is N#Cc1ccccc1-c1ccc(C(=O)NC[C@H]2CCCN2C(=O)CCCN)c(NCCc2ccccc2)n1. The van der Waals surface area contributed by atoms with E-state index in [1.54, 1.807) is 18.2 Å². The summed E-state index contributed by atoms with van der Waals surface area (Å²) in [6.45, 7) is 2.18. The highest BCUT2D eigenvalue weighted by Gasteiger charge is 2.28. The van der Waals surface area contributed by atoms with Gasteiger partial charge in [-0.25, -0.2) is 4.98 Å². The molecule has 4 N–H and O–H groups in total. The summed E-state index contributed by atoms with van der Waals surface area (Å²) in [4.78, 5) is 32.5. The van der Waals surface area contributed by atoms with E-state index in [0.717, 1.165) is 19.3 Å². The lowest BCUT2D eigenvalue weighted by molar-refractivity contribution is -0.132. The molecule has 0 saturated carbocycles. The number of likely N-dealkylation sites (tertiary alicyclic amines) is 1. The summed E-state index contributed by atoms with van der Waals surface area (Å²) < 4.78 is 0. The van der Waals surface area contributed by atoms with Gasteiger partial charge in [-0.05, 0) is 56.0 Å². The van der Waals surface area contributed by atoms with E-state index in [9.17, 15) is 14.9 Å². The molecule has 0 unspecified atom stereocenters. The standard InChI is InChI=1S/C30H34N6O2/c31-17-6-13-28(37)36-19-7-11-24(36)21-34-30(38)26-14-15-27(25-12-5-4-10-23(25)20-32)35-29(26)33-18-16-22-8-2-1-3-9-22/h1-5,8-10,12,14-15,24H,6-7,11,13,16-19,21,31H2,(H,33,35)(H,34,38)/t24-/m1/s1. The Labute approximate surface area is 223 Å². The maximum absolute atomic E-state index is 13.3. The van der Waals surface area contributed by atoms with E-state index in [4.69, 9.17) is 10.7 Å².